The van der Waals surface area contributed by atoms with E-state index in [-0.39, 0.29) is 5.97 Å². The second kappa shape index (κ2) is 9.44. The molecule has 94 valence electrons. The summed E-state index contributed by atoms with van der Waals surface area (Å²) in [6.45, 7) is 8.46. The third-order valence-corrected chi connectivity index (χ3v) is 2.79. The second-order valence-corrected chi connectivity index (χ2v) is 4.53. The number of rotatable bonds is 8. The fourth-order valence-corrected chi connectivity index (χ4v) is 1.36. The van der Waals surface area contributed by atoms with Crippen molar-refractivity contribution in [3.05, 3.63) is 11.1 Å². The Labute approximate surface area is 100 Å². The van der Waals surface area contributed by atoms with Gasteiger partial charge in [-0.15, -0.1) is 0 Å². The van der Waals surface area contributed by atoms with Crippen molar-refractivity contribution in [1.29, 1.82) is 0 Å². The maximum atomic E-state index is 11.4. The van der Waals surface area contributed by atoms with Crippen LogP contribution in [0.2, 0.25) is 0 Å². The summed E-state index contributed by atoms with van der Waals surface area (Å²) in [7, 11) is 0. The van der Waals surface area contributed by atoms with E-state index in [1.165, 1.54) is 32.1 Å². The molecule has 2 nitrogen and oxygen atoms in total. The first-order valence-electron chi connectivity index (χ1n) is 6.40. The predicted octanol–water partition coefficient (Wildman–Crippen LogP) is 4.25. The van der Waals surface area contributed by atoms with Crippen LogP contribution in [0.4, 0.5) is 0 Å². The average molecular weight is 226 g/mol. The molecular weight excluding hydrogens is 200 g/mol. The minimum Gasteiger partial charge on any atom is -0.462 e. The quantitative estimate of drug-likeness (QED) is 0.351. The molecule has 0 rings (SSSR count). The van der Waals surface area contributed by atoms with Gasteiger partial charge in [-0.25, -0.2) is 4.79 Å². The Kier molecular flexibility index (Phi) is 8.97. The van der Waals surface area contributed by atoms with Crippen molar-refractivity contribution in [2.75, 3.05) is 6.61 Å². The van der Waals surface area contributed by atoms with E-state index in [2.05, 4.69) is 6.92 Å². The van der Waals surface area contributed by atoms with E-state index in [1.807, 2.05) is 20.8 Å². The number of carbonyl (C=O) groups excluding carboxylic acids is 1. The van der Waals surface area contributed by atoms with E-state index in [9.17, 15) is 4.79 Å². The van der Waals surface area contributed by atoms with Crippen LogP contribution in [-0.4, -0.2) is 12.6 Å². The van der Waals surface area contributed by atoms with Crippen LogP contribution >= 0.6 is 0 Å². The summed E-state index contributed by atoms with van der Waals surface area (Å²) in [6, 6.07) is 0. The van der Waals surface area contributed by atoms with E-state index < -0.39 is 0 Å². The Morgan fingerprint density at radius 2 is 1.50 bits per heavy atom. The van der Waals surface area contributed by atoms with E-state index in [0.717, 1.165) is 17.6 Å². The predicted molar refractivity (Wildman–Crippen MR) is 68.4 cm³/mol. The summed E-state index contributed by atoms with van der Waals surface area (Å²) in [5.74, 6) is -0.159. The molecule has 0 unspecified atom stereocenters. The van der Waals surface area contributed by atoms with Gasteiger partial charge in [-0.05, 0) is 27.2 Å². The zero-order valence-corrected chi connectivity index (χ0v) is 11.3. The zero-order valence-electron chi connectivity index (χ0n) is 11.3. The highest BCUT2D eigenvalue weighted by Gasteiger charge is 2.06. The van der Waals surface area contributed by atoms with Crippen molar-refractivity contribution in [2.45, 2.75) is 66.2 Å². The number of hydrogen-bond donors (Lipinski definition) is 0. The summed E-state index contributed by atoms with van der Waals surface area (Å²) in [5, 5.41) is 0. The van der Waals surface area contributed by atoms with Crippen LogP contribution in [0.25, 0.3) is 0 Å². The van der Waals surface area contributed by atoms with E-state index >= 15 is 0 Å². The number of allylic oxidation sites excluding steroid dienone is 1. The minimum atomic E-state index is -0.159. The average Bonchev–Trinajstić information content (AvgIpc) is 2.26. The number of esters is 1. The molecule has 0 amide bonds. The lowest BCUT2D eigenvalue weighted by Gasteiger charge is -2.06. The van der Waals surface area contributed by atoms with Gasteiger partial charge in [0.05, 0.1) is 6.61 Å². The molecule has 0 aromatic carbocycles. The molecule has 0 heterocycles. The monoisotopic (exact) mass is 226 g/mol. The minimum absolute atomic E-state index is 0.159. The molecule has 0 aliphatic carbocycles. The third kappa shape index (κ3) is 7.49. The van der Waals surface area contributed by atoms with Gasteiger partial charge in [0.2, 0.25) is 0 Å². The van der Waals surface area contributed by atoms with Crippen LogP contribution in [0.3, 0.4) is 0 Å². The number of carbonyl (C=O) groups is 1. The molecule has 0 atom stereocenters. The SMILES string of the molecule is CCCCCCCCOC(=O)C(C)=C(C)C. The smallest absolute Gasteiger partial charge is 0.333 e. The Hall–Kier alpha value is -0.790. The van der Waals surface area contributed by atoms with Crippen LogP contribution in [0, 0.1) is 0 Å². The molecule has 0 aromatic rings. The van der Waals surface area contributed by atoms with Gasteiger partial charge in [0.1, 0.15) is 0 Å². The molecule has 0 aromatic heterocycles. The van der Waals surface area contributed by atoms with Crippen molar-refractivity contribution in [2.24, 2.45) is 0 Å². The molecule has 0 radical (unpaired) electrons. The van der Waals surface area contributed by atoms with Crippen molar-refractivity contribution in [1.82, 2.24) is 0 Å². The Bertz CT molecular complexity index is 225. The molecular formula is C14H26O2. The van der Waals surface area contributed by atoms with E-state index in [1.54, 1.807) is 0 Å². The van der Waals surface area contributed by atoms with E-state index in [4.69, 9.17) is 4.74 Å². The van der Waals surface area contributed by atoms with Gasteiger partial charge in [0.25, 0.3) is 0 Å². The molecule has 0 spiro atoms. The van der Waals surface area contributed by atoms with Crippen LogP contribution < -0.4 is 0 Å². The summed E-state index contributed by atoms with van der Waals surface area (Å²) in [4.78, 5) is 11.4. The van der Waals surface area contributed by atoms with Crippen LogP contribution in [-0.2, 0) is 9.53 Å². The molecule has 0 saturated heterocycles. The van der Waals surface area contributed by atoms with Gasteiger partial charge >= 0.3 is 5.97 Å². The highest BCUT2D eigenvalue weighted by Crippen LogP contribution is 2.07. The fraction of sp³-hybridized carbons (Fsp3) is 0.786. The first-order chi connectivity index (χ1) is 7.59. The number of ether oxygens (including phenoxy) is 1. The lowest BCUT2D eigenvalue weighted by Crippen LogP contribution is -2.08. The molecule has 0 saturated carbocycles. The van der Waals surface area contributed by atoms with Gasteiger partial charge < -0.3 is 4.74 Å². The zero-order chi connectivity index (χ0) is 12.4. The van der Waals surface area contributed by atoms with Crippen molar-refractivity contribution in [3.8, 4) is 0 Å². The molecule has 0 N–H and O–H groups in total. The summed E-state index contributed by atoms with van der Waals surface area (Å²) in [5.41, 5.74) is 1.78. The Balaban J connectivity index is 3.46. The third-order valence-electron chi connectivity index (χ3n) is 2.79. The highest BCUT2D eigenvalue weighted by molar-refractivity contribution is 5.88. The first kappa shape index (κ1) is 15.2. The fourth-order valence-electron chi connectivity index (χ4n) is 1.36. The van der Waals surface area contributed by atoms with Crippen LogP contribution in [0.15, 0.2) is 11.1 Å². The Morgan fingerprint density at radius 3 is 2.06 bits per heavy atom. The first-order valence-corrected chi connectivity index (χ1v) is 6.40. The molecule has 16 heavy (non-hydrogen) atoms. The van der Waals surface area contributed by atoms with Crippen LogP contribution in [0.1, 0.15) is 66.2 Å². The van der Waals surface area contributed by atoms with Crippen molar-refractivity contribution >= 4 is 5.97 Å². The molecule has 0 aliphatic rings. The van der Waals surface area contributed by atoms with Crippen molar-refractivity contribution < 1.29 is 9.53 Å². The number of unbranched alkanes of at least 4 members (excludes halogenated alkanes) is 5. The maximum absolute atomic E-state index is 11.4. The maximum Gasteiger partial charge on any atom is 0.333 e. The van der Waals surface area contributed by atoms with Gasteiger partial charge in [-0.3, -0.25) is 0 Å². The lowest BCUT2D eigenvalue weighted by atomic mass is 10.1. The molecule has 2 heteroatoms. The summed E-state index contributed by atoms with van der Waals surface area (Å²) < 4.78 is 5.17. The molecule has 0 aliphatic heterocycles. The van der Waals surface area contributed by atoms with Gasteiger partial charge in [-0.1, -0.05) is 44.6 Å². The Morgan fingerprint density at radius 1 is 0.938 bits per heavy atom. The van der Waals surface area contributed by atoms with Gasteiger partial charge in [-0.2, -0.15) is 0 Å². The normalized spacial score (nSPS) is 10.0. The second-order valence-electron chi connectivity index (χ2n) is 4.53. The van der Waals surface area contributed by atoms with Crippen LogP contribution in [0.5, 0.6) is 0 Å². The highest BCUT2D eigenvalue weighted by atomic mass is 16.5. The largest absolute Gasteiger partial charge is 0.462 e. The summed E-state index contributed by atoms with van der Waals surface area (Å²) >= 11 is 0. The molecule has 0 bridgehead atoms. The van der Waals surface area contributed by atoms with E-state index in [0.29, 0.717) is 6.61 Å². The standard InChI is InChI=1S/C14H26O2/c1-5-6-7-8-9-10-11-16-14(15)13(4)12(2)3/h5-11H2,1-4H3. The van der Waals surface area contributed by atoms with Crippen molar-refractivity contribution in [3.63, 3.8) is 0 Å². The van der Waals surface area contributed by atoms with Gasteiger partial charge in [0, 0.05) is 5.57 Å². The summed E-state index contributed by atoms with van der Waals surface area (Å²) in [6.07, 6.45) is 7.31. The van der Waals surface area contributed by atoms with Gasteiger partial charge in [0.15, 0.2) is 0 Å². The number of hydrogen-bond acceptors (Lipinski definition) is 2. The lowest BCUT2D eigenvalue weighted by molar-refractivity contribution is -0.139. The topological polar surface area (TPSA) is 26.3 Å². The molecule has 0 fully saturated rings.